The number of carbonyl (C=O) groups excluding carboxylic acids is 1. The maximum absolute atomic E-state index is 12.2. The molecule has 7 heteroatoms. The maximum Gasteiger partial charge on any atom is 0.294 e. The van der Waals surface area contributed by atoms with Crippen molar-refractivity contribution >= 4 is 17.3 Å². The van der Waals surface area contributed by atoms with E-state index in [1.54, 1.807) is 0 Å². The summed E-state index contributed by atoms with van der Waals surface area (Å²) in [5, 5.41) is 25.7. The summed E-state index contributed by atoms with van der Waals surface area (Å²) in [6.45, 7) is 2.76. The van der Waals surface area contributed by atoms with Gasteiger partial charge >= 0.3 is 0 Å². The van der Waals surface area contributed by atoms with E-state index in [2.05, 4.69) is 10.6 Å². The number of rotatable bonds is 3. The number of carbonyl (C=O) groups is 1. The molecule has 0 saturated carbocycles. The number of anilines is 1. The van der Waals surface area contributed by atoms with Crippen LogP contribution in [0.2, 0.25) is 0 Å². The van der Waals surface area contributed by atoms with E-state index in [9.17, 15) is 14.9 Å². The van der Waals surface area contributed by atoms with E-state index in [1.807, 2.05) is 13.0 Å². The van der Waals surface area contributed by atoms with Crippen molar-refractivity contribution in [2.45, 2.75) is 25.8 Å². The number of piperidine rings is 1. The number of nitro benzene ring substituents is 1. The summed E-state index contributed by atoms with van der Waals surface area (Å²) in [4.78, 5) is 22.7. The van der Waals surface area contributed by atoms with Gasteiger partial charge in [0, 0.05) is 18.0 Å². The zero-order chi connectivity index (χ0) is 15.4. The third-order valence-corrected chi connectivity index (χ3v) is 3.58. The second kappa shape index (κ2) is 6.33. The highest BCUT2D eigenvalue weighted by Gasteiger charge is 2.26. The van der Waals surface area contributed by atoms with Crippen molar-refractivity contribution in [1.82, 2.24) is 5.32 Å². The maximum atomic E-state index is 12.2. The third-order valence-electron chi connectivity index (χ3n) is 3.58. The molecule has 21 heavy (non-hydrogen) atoms. The van der Waals surface area contributed by atoms with Gasteiger partial charge < -0.3 is 10.6 Å². The molecule has 1 amide bonds. The number of amides is 1. The highest BCUT2D eigenvalue weighted by atomic mass is 16.6. The van der Waals surface area contributed by atoms with E-state index in [4.69, 9.17) is 5.26 Å². The predicted molar refractivity (Wildman–Crippen MR) is 76.6 cm³/mol. The molecule has 2 N–H and O–H groups in total. The van der Waals surface area contributed by atoms with Crippen molar-refractivity contribution in [2.75, 3.05) is 11.9 Å². The molecule has 0 aliphatic carbocycles. The summed E-state index contributed by atoms with van der Waals surface area (Å²) < 4.78 is 0. The first kappa shape index (κ1) is 14.9. The Morgan fingerprint density at radius 3 is 2.95 bits per heavy atom. The van der Waals surface area contributed by atoms with Crippen LogP contribution in [0.3, 0.4) is 0 Å². The van der Waals surface area contributed by atoms with Gasteiger partial charge in [0.2, 0.25) is 5.91 Å². The molecule has 1 saturated heterocycles. The van der Waals surface area contributed by atoms with Crippen molar-refractivity contribution in [3.63, 3.8) is 0 Å². The molecule has 1 heterocycles. The molecule has 1 aliphatic heterocycles. The summed E-state index contributed by atoms with van der Waals surface area (Å²) >= 11 is 0. The molecule has 2 atom stereocenters. The quantitative estimate of drug-likeness (QED) is 0.651. The Balaban J connectivity index is 2.17. The van der Waals surface area contributed by atoms with Crippen molar-refractivity contribution in [1.29, 1.82) is 5.26 Å². The lowest BCUT2D eigenvalue weighted by Gasteiger charge is -2.27. The van der Waals surface area contributed by atoms with Crippen LogP contribution >= 0.6 is 0 Å². The van der Waals surface area contributed by atoms with Crippen LogP contribution in [0.25, 0.3) is 0 Å². The lowest BCUT2D eigenvalue weighted by Crippen LogP contribution is -2.40. The smallest absolute Gasteiger partial charge is 0.294 e. The van der Waals surface area contributed by atoms with E-state index in [-0.39, 0.29) is 34.8 Å². The van der Waals surface area contributed by atoms with E-state index in [0.29, 0.717) is 12.8 Å². The first-order chi connectivity index (χ1) is 10.0. The Kier molecular flexibility index (Phi) is 4.50. The molecule has 1 aliphatic rings. The van der Waals surface area contributed by atoms with Gasteiger partial charge in [0.05, 0.1) is 16.6 Å². The van der Waals surface area contributed by atoms with E-state index in [0.717, 1.165) is 6.54 Å². The summed E-state index contributed by atoms with van der Waals surface area (Å²) in [5.41, 5.74) is 0.0646. The van der Waals surface area contributed by atoms with Gasteiger partial charge in [-0.2, -0.15) is 5.26 Å². The Bertz CT molecular complexity index is 609. The average molecular weight is 288 g/mol. The van der Waals surface area contributed by atoms with Crippen LogP contribution in [-0.4, -0.2) is 23.4 Å². The van der Waals surface area contributed by atoms with Gasteiger partial charge in [0.1, 0.15) is 5.69 Å². The van der Waals surface area contributed by atoms with Gasteiger partial charge in [-0.05, 0) is 38.4 Å². The fraction of sp³-hybridized carbons (Fsp3) is 0.429. The molecular weight excluding hydrogens is 272 g/mol. The lowest BCUT2D eigenvalue weighted by atomic mass is 9.92. The zero-order valence-corrected chi connectivity index (χ0v) is 11.6. The summed E-state index contributed by atoms with van der Waals surface area (Å²) in [6.07, 6.45) is 1.41. The number of nitrogens with one attached hydrogen (secondary N) is 2. The SMILES string of the molecule is CC1CC(C(=O)Nc2ccc(C#N)cc2[N+](=O)[O-])CCN1. The molecular formula is C14H16N4O3. The van der Waals surface area contributed by atoms with Crippen molar-refractivity contribution in [3.8, 4) is 6.07 Å². The lowest BCUT2D eigenvalue weighted by molar-refractivity contribution is -0.384. The fourth-order valence-electron chi connectivity index (χ4n) is 2.46. The second-order valence-electron chi connectivity index (χ2n) is 5.17. The summed E-state index contributed by atoms with van der Waals surface area (Å²) in [7, 11) is 0. The molecule has 0 radical (unpaired) electrons. The molecule has 0 bridgehead atoms. The topological polar surface area (TPSA) is 108 Å². The summed E-state index contributed by atoms with van der Waals surface area (Å²) in [5.74, 6) is -0.368. The highest BCUT2D eigenvalue weighted by molar-refractivity contribution is 5.94. The Morgan fingerprint density at radius 1 is 1.57 bits per heavy atom. The average Bonchev–Trinajstić information content (AvgIpc) is 2.47. The van der Waals surface area contributed by atoms with Crippen LogP contribution < -0.4 is 10.6 Å². The van der Waals surface area contributed by atoms with Gasteiger partial charge in [0.15, 0.2) is 0 Å². The van der Waals surface area contributed by atoms with Gasteiger partial charge in [-0.25, -0.2) is 0 Å². The van der Waals surface area contributed by atoms with Crippen molar-refractivity contribution in [2.24, 2.45) is 5.92 Å². The Morgan fingerprint density at radius 2 is 2.33 bits per heavy atom. The largest absolute Gasteiger partial charge is 0.320 e. The monoisotopic (exact) mass is 288 g/mol. The zero-order valence-electron chi connectivity index (χ0n) is 11.6. The van der Waals surface area contributed by atoms with E-state index >= 15 is 0 Å². The number of benzene rings is 1. The highest BCUT2D eigenvalue weighted by Crippen LogP contribution is 2.27. The van der Waals surface area contributed by atoms with E-state index < -0.39 is 4.92 Å². The van der Waals surface area contributed by atoms with Crippen LogP contribution in [0.5, 0.6) is 0 Å². The standard InChI is InChI=1S/C14H16N4O3/c1-9-6-11(4-5-16-9)14(19)17-12-3-2-10(8-15)7-13(12)18(20)21/h2-3,7,9,11,16H,4-6H2,1H3,(H,17,19). The molecule has 2 unspecified atom stereocenters. The van der Waals surface area contributed by atoms with E-state index in [1.165, 1.54) is 18.2 Å². The molecule has 0 spiro atoms. The van der Waals surface area contributed by atoms with Crippen LogP contribution in [0.15, 0.2) is 18.2 Å². The first-order valence-corrected chi connectivity index (χ1v) is 6.74. The molecule has 2 rings (SSSR count). The molecule has 1 aromatic rings. The molecule has 1 aromatic carbocycles. The Labute approximate surface area is 122 Å². The van der Waals surface area contributed by atoms with Gasteiger partial charge in [-0.1, -0.05) is 0 Å². The number of hydrogen-bond acceptors (Lipinski definition) is 5. The number of nitrogens with zero attached hydrogens (tertiary/aromatic N) is 2. The number of hydrogen-bond donors (Lipinski definition) is 2. The normalized spacial score (nSPS) is 21.3. The van der Waals surface area contributed by atoms with Crippen LogP contribution in [0.1, 0.15) is 25.3 Å². The van der Waals surface area contributed by atoms with Crippen LogP contribution in [-0.2, 0) is 4.79 Å². The van der Waals surface area contributed by atoms with Crippen LogP contribution in [0, 0.1) is 27.4 Å². The first-order valence-electron chi connectivity index (χ1n) is 6.74. The Hall–Kier alpha value is -2.46. The summed E-state index contributed by atoms with van der Waals surface area (Å²) in [6, 6.07) is 6.12. The molecule has 110 valence electrons. The van der Waals surface area contributed by atoms with Gasteiger partial charge in [0.25, 0.3) is 5.69 Å². The minimum Gasteiger partial charge on any atom is -0.320 e. The fourth-order valence-corrected chi connectivity index (χ4v) is 2.46. The molecule has 7 nitrogen and oxygen atoms in total. The minimum absolute atomic E-state index is 0.134. The number of nitro groups is 1. The van der Waals surface area contributed by atoms with Crippen molar-refractivity contribution < 1.29 is 9.72 Å². The minimum atomic E-state index is -0.596. The number of nitriles is 1. The van der Waals surface area contributed by atoms with Crippen LogP contribution in [0.4, 0.5) is 11.4 Å². The third kappa shape index (κ3) is 3.55. The van der Waals surface area contributed by atoms with Crippen molar-refractivity contribution in [3.05, 3.63) is 33.9 Å². The predicted octanol–water partition coefficient (Wildman–Crippen LogP) is 1.79. The molecule has 1 fully saturated rings. The van der Waals surface area contributed by atoms with Gasteiger partial charge in [-0.3, -0.25) is 14.9 Å². The van der Waals surface area contributed by atoms with Gasteiger partial charge in [-0.15, -0.1) is 0 Å². The molecule has 0 aromatic heterocycles. The second-order valence-corrected chi connectivity index (χ2v) is 5.17.